The Bertz CT molecular complexity index is 861. The molecule has 2 saturated heterocycles. The first-order valence-electron chi connectivity index (χ1n) is 11.2. The smallest absolute Gasteiger partial charge is 0.225 e. The van der Waals surface area contributed by atoms with E-state index in [4.69, 9.17) is 0 Å². The summed E-state index contributed by atoms with van der Waals surface area (Å²) in [4.78, 5) is 24.7. The third-order valence-corrected chi connectivity index (χ3v) is 6.72. The fraction of sp³-hybridized carbons (Fsp3) is 0.520. The first-order chi connectivity index (χ1) is 14.5. The van der Waals surface area contributed by atoms with Crippen LogP contribution in [-0.4, -0.2) is 60.0 Å². The summed E-state index contributed by atoms with van der Waals surface area (Å²) in [6, 6.07) is 13.1. The molecule has 160 valence electrons. The van der Waals surface area contributed by atoms with Gasteiger partial charge in [0.15, 0.2) is 0 Å². The van der Waals surface area contributed by atoms with Crippen molar-refractivity contribution in [3.05, 3.63) is 59.3 Å². The molecule has 1 atom stereocenters. The zero-order valence-corrected chi connectivity index (χ0v) is 18.6. The Morgan fingerprint density at radius 2 is 1.83 bits per heavy atom. The molecule has 1 aromatic heterocycles. The van der Waals surface area contributed by atoms with Crippen LogP contribution in [0.15, 0.2) is 42.6 Å². The van der Waals surface area contributed by atoms with E-state index in [2.05, 4.69) is 65.0 Å². The first-order valence-corrected chi connectivity index (χ1v) is 11.2. The van der Waals surface area contributed by atoms with E-state index in [-0.39, 0.29) is 5.92 Å². The number of pyridine rings is 1. The number of amides is 1. The van der Waals surface area contributed by atoms with Crippen molar-refractivity contribution in [3.8, 4) is 0 Å². The highest BCUT2D eigenvalue weighted by Crippen LogP contribution is 2.27. The Hall–Kier alpha value is -2.40. The maximum atomic E-state index is 13.2. The minimum absolute atomic E-state index is 0.139. The van der Waals surface area contributed by atoms with Crippen molar-refractivity contribution in [1.29, 1.82) is 0 Å². The maximum Gasteiger partial charge on any atom is 0.225 e. The number of carbonyl (C=O) groups is 1. The third-order valence-electron chi connectivity index (χ3n) is 6.72. The van der Waals surface area contributed by atoms with Crippen LogP contribution in [0.3, 0.4) is 0 Å². The quantitative estimate of drug-likeness (QED) is 0.760. The lowest BCUT2D eigenvalue weighted by molar-refractivity contribution is -0.136. The van der Waals surface area contributed by atoms with Gasteiger partial charge in [-0.3, -0.25) is 9.69 Å². The number of likely N-dealkylation sites (tertiary alicyclic amines) is 1. The van der Waals surface area contributed by atoms with Gasteiger partial charge in [0.25, 0.3) is 0 Å². The van der Waals surface area contributed by atoms with Gasteiger partial charge in [-0.05, 0) is 49.8 Å². The van der Waals surface area contributed by atoms with Gasteiger partial charge in [0.1, 0.15) is 5.82 Å². The van der Waals surface area contributed by atoms with Crippen molar-refractivity contribution >= 4 is 11.7 Å². The molecule has 0 spiro atoms. The zero-order valence-electron chi connectivity index (χ0n) is 18.6. The normalized spacial score (nSPS) is 20.5. The first kappa shape index (κ1) is 20.9. The Morgan fingerprint density at radius 3 is 2.53 bits per heavy atom. The molecule has 1 amide bonds. The molecule has 30 heavy (non-hydrogen) atoms. The Kier molecular flexibility index (Phi) is 6.38. The lowest BCUT2D eigenvalue weighted by atomic mass is 9.94. The van der Waals surface area contributed by atoms with E-state index in [1.54, 1.807) is 0 Å². The fourth-order valence-corrected chi connectivity index (χ4v) is 4.96. The van der Waals surface area contributed by atoms with Gasteiger partial charge in [-0.1, -0.05) is 36.4 Å². The molecule has 0 unspecified atom stereocenters. The third kappa shape index (κ3) is 4.67. The predicted octanol–water partition coefficient (Wildman–Crippen LogP) is 3.65. The zero-order chi connectivity index (χ0) is 21.1. The molecule has 0 N–H and O–H groups in total. The van der Waals surface area contributed by atoms with Gasteiger partial charge in [-0.15, -0.1) is 0 Å². The number of piperidine rings is 1. The molecule has 1 aromatic carbocycles. The van der Waals surface area contributed by atoms with Crippen LogP contribution in [0.2, 0.25) is 0 Å². The number of benzene rings is 1. The lowest BCUT2D eigenvalue weighted by Gasteiger charge is -2.36. The van der Waals surface area contributed by atoms with Crippen LogP contribution in [0.25, 0.3) is 0 Å². The van der Waals surface area contributed by atoms with E-state index in [1.807, 2.05) is 18.1 Å². The molecule has 0 saturated carbocycles. The number of rotatable bonds is 5. The number of likely N-dealkylation sites (N-methyl/N-ethyl adjacent to an activating group) is 1. The van der Waals surface area contributed by atoms with Crippen molar-refractivity contribution in [1.82, 2.24) is 14.8 Å². The SMILES string of the molecule is Cc1cnc(N2CCC(C(=O)N(C)[C@H]3CCN(Cc4ccccc4)C3)CC2)c(C)c1. The molecule has 5 nitrogen and oxygen atoms in total. The average molecular weight is 407 g/mol. The van der Waals surface area contributed by atoms with Gasteiger partial charge >= 0.3 is 0 Å². The predicted molar refractivity (Wildman–Crippen MR) is 122 cm³/mol. The number of aromatic nitrogens is 1. The van der Waals surface area contributed by atoms with E-state index in [1.165, 1.54) is 16.7 Å². The van der Waals surface area contributed by atoms with Crippen LogP contribution in [0.5, 0.6) is 0 Å². The molecule has 0 bridgehead atoms. The lowest BCUT2D eigenvalue weighted by Crippen LogP contribution is -2.46. The summed E-state index contributed by atoms with van der Waals surface area (Å²) in [5.74, 6) is 1.54. The largest absolute Gasteiger partial charge is 0.356 e. The number of aryl methyl sites for hydroxylation is 2. The molecular formula is C25H34N4O. The second kappa shape index (κ2) is 9.17. The van der Waals surface area contributed by atoms with Crippen LogP contribution >= 0.6 is 0 Å². The molecule has 2 aliphatic rings. The summed E-state index contributed by atoms with van der Waals surface area (Å²) in [7, 11) is 2.01. The number of nitrogens with zero attached hydrogens (tertiary/aromatic N) is 4. The van der Waals surface area contributed by atoms with E-state index in [0.717, 1.165) is 57.8 Å². The van der Waals surface area contributed by atoms with Gasteiger partial charge in [0, 0.05) is 57.9 Å². The summed E-state index contributed by atoms with van der Waals surface area (Å²) in [6.45, 7) is 9.03. The van der Waals surface area contributed by atoms with E-state index < -0.39 is 0 Å². The fourth-order valence-electron chi connectivity index (χ4n) is 4.96. The number of carbonyl (C=O) groups excluding carboxylic acids is 1. The van der Waals surface area contributed by atoms with Gasteiger partial charge in [0.2, 0.25) is 5.91 Å². The minimum atomic E-state index is 0.139. The molecule has 2 fully saturated rings. The molecule has 0 aliphatic carbocycles. The molecule has 5 heteroatoms. The van der Waals surface area contributed by atoms with Crippen LogP contribution in [0.1, 0.15) is 36.0 Å². The average Bonchev–Trinajstić information content (AvgIpc) is 3.22. The Labute approximate surface area is 180 Å². The topological polar surface area (TPSA) is 39.7 Å². The highest BCUT2D eigenvalue weighted by atomic mass is 16.2. The van der Waals surface area contributed by atoms with Gasteiger partial charge in [-0.2, -0.15) is 0 Å². The molecule has 3 heterocycles. The van der Waals surface area contributed by atoms with E-state index in [0.29, 0.717) is 11.9 Å². The van der Waals surface area contributed by atoms with Crippen LogP contribution < -0.4 is 4.90 Å². The number of hydrogen-bond donors (Lipinski definition) is 0. The van der Waals surface area contributed by atoms with E-state index in [9.17, 15) is 4.79 Å². The van der Waals surface area contributed by atoms with Gasteiger partial charge in [-0.25, -0.2) is 4.98 Å². The molecule has 4 rings (SSSR count). The highest BCUT2D eigenvalue weighted by Gasteiger charge is 2.33. The molecule has 2 aromatic rings. The summed E-state index contributed by atoms with van der Waals surface area (Å²) < 4.78 is 0. The summed E-state index contributed by atoms with van der Waals surface area (Å²) in [6.07, 6.45) is 4.84. The van der Waals surface area contributed by atoms with Crippen LogP contribution in [0.4, 0.5) is 5.82 Å². The second-order valence-corrected chi connectivity index (χ2v) is 9.03. The number of hydrogen-bond acceptors (Lipinski definition) is 4. The maximum absolute atomic E-state index is 13.2. The van der Waals surface area contributed by atoms with Crippen molar-refractivity contribution < 1.29 is 4.79 Å². The summed E-state index contributed by atoms with van der Waals surface area (Å²) in [5, 5.41) is 0. The van der Waals surface area contributed by atoms with Gasteiger partial charge < -0.3 is 9.80 Å². The molecule has 0 radical (unpaired) electrons. The summed E-state index contributed by atoms with van der Waals surface area (Å²) >= 11 is 0. The molecular weight excluding hydrogens is 372 g/mol. The number of anilines is 1. The van der Waals surface area contributed by atoms with Crippen molar-refractivity contribution in [2.24, 2.45) is 5.92 Å². The van der Waals surface area contributed by atoms with Crippen molar-refractivity contribution in [2.45, 2.75) is 45.7 Å². The second-order valence-electron chi connectivity index (χ2n) is 9.03. The van der Waals surface area contributed by atoms with Crippen molar-refractivity contribution in [3.63, 3.8) is 0 Å². The minimum Gasteiger partial charge on any atom is -0.356 e. The van der Waals surface area contributed by atoms with Gasteiger partial charge in [0.05, 0.1) is 0 Å². The Balaban J connectivity index is 1.29. The van der Waals surface area contributed by atoms with Crippen molar-refractivity contribution in [2.75, 3.05) is 38.1 Å². The Morgan fingerprint density at radius 1 is 1.10 bits per heavy atom. The van der Waals surface area contributed by atoms with E-state index >= 15 is 0 Å². The summed E-state index contributed by atoms with van der Waals surface area (Å²) in [5.41, 5.74) is 3.77. The molecule has 2 aliphatic heterocycles. The highest BCUT2D eigenvalue weighted by molar-refractivity contribution is 5.79. The standard InChI is InChI=1S/C25H34N4O/c1-19-15-20(2)24(26-16-19)29-13-9-22(10-14-29)25(30)27(3)23-11-12-28(18-23)17-21-7-5-4-6-8-21/h4-8,15-16,22-23H,9-14,17-18H2,1-3H3/t23-/m0/s1. The van der Waals surface area contributed by atoms with Crippen LogP contribution in [0, 0.1) is 19.8 Å². The van der Waals surface area contributed by atoms with Crippen LogP contribution in [-0.2, 0) is 11.3 Å². The monoisotopic (exact) mass is 406 g/mol.